The first kappa shape index (κ1) is 19.1. The monoisotopic (exact) mass is 374 g/mol. The zero-order valence-electron chi connectivity index (χ0n) is 14.4. The predicted molar refractivity (Wildman–Crippen MR) is 88.4 cm³/mol. The molecule has 6 heteroatoms. The fourth-order valence-corrected chi connectivity index (χ4v) is 4.12. The Labute approximate surface area is 148 Å². The minimum absolute atomic E-state index is 0.0652. The van der Waals surface area contributed by atoms with E-state index in [1.165, 1.54) is 6.07 Å². The summed E-state index contributed by atoms with van der Waals surface area (Å²) < 4.78 is 81.0. The van der Waals surface area contributed by atoms with Gasteiger partial charge in [-0.1, -0.05) is 25.8 Å². The third-order valence-corrected chi connectivity index (χ3v) is 5.40. The largest absolute Gasteiger partial charge is 0.422 e. The second-order valence-corrected chi connectivity index (χ2v) is 7.15. The van der Waals surface area contributed by atoms with E-state index in [1.807, 2.05) is 0 Å². The number of hydrogen-bond acceptors (Lipinski definition) is 0. The molecule has 3 rings (SSSR count). The lowest BCUT2D eigenvalue weighted by Gasteiger charge is -2.29. The third-order valence-electron chi connectivity index (χ3n) is 5.40. The van der Waals surface area contributed by atoms with Gasteiger partial charge in [0.1, 0.15) is 23.0 Å². The molecule has 0 bridgehead atoms. The summed E-state index contributed by atoms with van der Waals surface area (Å²) in [6, 6.07) is 3.11. The van der Waals surface area contributed by atoms with Gasteiger partial charge >= 0.3 is 6.18 Å². The van der Waals surface area contributed by atoms with Crippen LogP contribution in [0.4, 0.5) is 26.3 Å². The van der Waals surface area contributed by atoms with E-state index in [1.54, 1.807) is 0 Å². The summed E-state index contributed by atoms with van der Waals surface area (Å²) in [6.45, 7) is 2.13. The molecule has 142 valence electrons. The molecule has 1 saturated carbocycles. The molecular formula is C20H20F6. The average Bonchev–Trinajstić information content (AvgIpc) is 2.53. The number of hydrogen-bond donors (Lipinski definition) is 0. The molecule has 0 radical (unpaired) electrons. The number of alkyl halides is 3. The summed E-state index contributed by atoms with van der Waals surface area (Å²) >= 11 is 0. The molecule has 2 aromatic carbocycles. The number of rotatable bonds is 3. The van der Waals surface area contributed by atoms with Crippen molar-refractivity contribution in [1.29, 1.82) is 0 Å². The molecule has 0 heterocycles. The van der Waals surface area contributed by atoms with Gasteiger partial charge in [-0.05, 0) is 60.6 Å². The van der Waals surface area contributed by atoms with Crippen LogP contribution in [0.1, 0.15) is 62.5 Å². The molecule has 1 aliphatic carbocycles. The maximum atomic E-state index is 14.4. The number of fused-ring (bicyclic) bond motifs is 1. The molecule has 26 heavy (non-hydrogen) atoms. The van der Waals surface area contributed by atoms with Gasteiger partial charge in [0, 0.05) is 0 Å². The van der Waals surface area contributed by atoms with Gasteiger partial charge in [0.25, 0.3) is 0 Å². The molecule has 0 nitrogen and oxygen atoms in total. The normalized spacial score (nSPS) is 21.3. The summed E-state index contributed by atoms with van der Waals surface area (Å²) in [6.07, 6.45) is 0.755. The summed E-state index contributed by atoms with van der Waals surface area (Å²) in [5, 5.41) is -0.971. The van der Waals surface area contributed by atoms with Crippen LogP contribution in [0.15, 0.2) is 18.2 Å². The van der Waals surface area contributed by atoms with Crippen LogP contribution >= 0.6 is 0 Å². The van der Waals surface area contributed by atoms with Crippen LogP contribution < -0.4 is 0 Å². The first-order valence-electron chi connectivity index (χ1n) is 8.90. The Balaban J connectivity index is 1.99. The summed E-state index contributed by atoms with van der Waals surface area (Å²) in [5.41, 5.74) is -1.44. The molecule has 0 amide bonds. The van der Waals surface area contributed by atoms with E-state index in [4.69, 9.17) is 0 Å². The van der Waals surface area contributed by atoms with Crippen molar-refractivity contribution in [1.82, 2.24) is 0 Å². The lowest BCUT2D eigenvalue weighted by molar-refractivity contribution is -0.142. The Bertz CT molecular complexity index is 800. The zero-order valence-corrected chi connectivity index (χ0v) is 14.4. The van der Waals surface area contributed by atoms with Crippen LogP contribution in [0.5, 0.6) is 0 Å². The van der Waals surface area contributed by atoms with Crippen LogP contribution in [-0.4, -0.2) is 0 Å². The second-order valence-electron chi connectivity index (χ2n) is 7.15. The Morgan fingerprint density at radius 2 is 1.58 bits per heavy atom. The Morgan fingerprint density at radius 1 is 0.923 bits per heavy atom. The Hall–Kier alpha value is -1.72. The lowest BCUT2D eigenvalue weighted by atomic mass is 9.77. The summed E-state index contributed by atoms with van der Waals surface area (Å²) in [7, 11) is 0. The molecule has 0 aromatic heterocycles. The predicted octanol–water partition coefficient (Wildman–Crippen LogP) is 7.35. The zero-order chi connectivity index (χ0) is 19.1. The highest BCUT2D eigenvalue weighted by Crippen LogP contribution is 2.41. The second kappa shape index (κ2) is 7.12. The van der Waals surface area contributed by atoms with Gasteiger partial charge in [-0.15, -0.1) is 0 Å². The first-order valence-corrected chi connectivity index (χ1v) is 8.90. The van der Waals surface area contributed by atoms with Gasteiger partial charge in [-0.3, -0.25) is 0 Å². The van der Waals surface area contributed by atoms with E-state index < -0.39 is 34.6 Å². The van der Waals surface area contributed by atoms with Crippen LogP contribution in [0, 0.1) is 23.4 Å². The van der Waals surface area contributed by atoms with Crippen molar-refractivity contribution in [2.24, 2.45) is 5.92 Å². The molecule has 1 fully saturated rings. The maximum Gasteiger partial charge on any atom is 0.422 e. The van der Waals surface area contributed by atoms with Gasteiger partial charge in [0.2, 0.25) is 0 Å². The topological polar surface area (TPSA) is 0 Å². The number of benzene rings is 2. The molecule has 0 aliphatic heterocycles. The van der Waals surface area contributed by atoms with E-state index >= 15 is 0 Å². The molecule has 0 N–H and O–H groups in total. The third kappa shape index (κ3) is 3.55. The van der Waals surface area contributed by atoms with Gasteiger partial charge < -0.3 is 0 Å². The van der Waals surface area contributed by atoms with Crippen molar-refractivity contribution in [3.8, 4) is 0 Å². The van der Waals surface area contributed by atoms with Crippen molar-refractivity contribution in [3.63, 3.8) is 0 Å². The highest BCUT2D eigenvalue weighted by Gasteiger charge is 2.39. The van der Waals surface area contributed by atoms with E-state index in [0.717, 1.165) is 44.6 Å². The molecule has 1 aliphatic rings. The van der Waals surface area contributed by atoms with Crippen molar-refractivity contribution in [2.45, 2.75) is 57.5 Å². The van der Waals surface area contributed by atoms with Crippen LogP contribution in [-0.2, 0) is 6.18 Å². The van der Waals surface area contributed by atoms with Crippen LogP contribution in [0.2, 0.25) is 0 Å². The van der Waals surface area contributed by atoms with E-state index in [-0.39, 0.29) is 11.3 Å². The molecular weight excluding hydrogens is 354 g/mol. The minimum Gasteiger partial charge on any atom is -0.206 e. The maximum absolute atomic E-state index is 14.4. The van der Waals surface area contributed by atoms with Crippen molar-refractivity contribution >= 4 is 10.8 Å². The van der Waals surface area contributed by atoms with Crippen molar-refractivity contribution < 1.29 is 26.3 Å². The van der Waals surface area contributed by atoms with E-state index in [0.29, 0.717) is 17.5 Å². The summed E-state index contributed by atoms with van der Waals surface area (Å²) in [5.74, 6) is -3.97. The van der Waals surface area contributed by atoms with E-state index in [2.05, 4.69) is 6.92 Å². The molecule has 2 aromatic rings. The highest BCUT2D eigenvalue weighted by molar-refractivity contribution is 5.85. The Kier molecular flexibility index (Phi) is 5.22. The highest BCUT2D eigenvalue weighted by atomic mass is 19.4. The van der Waals surface area contributed by atoms with Crippen LogP contribution in [0.25, 0.3) is 10.8 Å². The SMILES string of the molecule is CCCC1CCC(c2cc(F)c3c(F)c(C(F)(F)F)c(F)cc3c2)CC1. The fraction of sp³-hybridized carbons (Fsp3) is 0.500. The van der Waals surface area contributed by atoms with Crippen molar-refractivity contribution in [3.05, 3.63) is 46.8 Å². The molecule has 0 spiro atoms. The van der Waals surface area contributed by atoms with Crippen LogP contribution in [0.3, 0.4) is 0 Å². The standard InChI is InChI=1S/C20H20F6/c1-2-3-11-4-6-12(7-5-11)13-8-14-10-16(22)18(20(24,25)26)19(23)17(14)15(21)9-13/h8-12H,2-7H2,1H3. The quantitative estimate of drug-likeness (QED) is 0.493. The van der Waals surface area contributed by atoms with Gasteiger partial charge in [-0.25, -0.2) is 13.2 Å². The van der Waals surface area contributed by atoms with Gasteiger partial charge in [0.15, 0.2) is 0 Å². The molecule has 0 saturated heterocycles. The van der Waals surface area contributed by atoms with Gasteiger partial charge in [-0.2, -0.15) is 13.2 Å². The number of halogens is 6. The van der Waals surface area contributed by atoms with Crippen molar-refractivity contribution in [2.75, 3.05) is 0 Å². The lowest BCUT2D eigenvalue weighted by Crippen LogP contribution is -2.14. The Morgan fingerprint density at radius 3 is 2.15 bits per heavy atom. The smallest absolute Gasteiger partial charge is 0.206 e. The first-order chi connectivity index (χ1) is 12.2. The average molecular weight is 374 g/mol. The molecule has 0 unspecified atom stereocenters. The fourth-order valence-electron chi connectivity index (χ4n) is 4.12. The van der Waals surface area contributed by atoms with Gasteiger partial charge in [0.05, 0.1) is 5.39 Å². The van der Waals surface area contributed by atoms with E-state index in [9.17, 15) is 26.3 Å². The minimum atomic E-state index is -5.22. The molecule has 0 atom stereocenters. The summed E-state index contributed by atoms with van der Waals surface area (Å²) in [4.78, 5) is 0.